The second-order valence-corrected chi connectivity index (χ2v) is 7.71. The lowest BCUT2D eigenvalue weighted by Gasteiger charge is -2.37. The number of nitrogens with zero attached hydrogens (tertiary/aromatic N) is 4. The average molecular weight is 353 g/mol. The molecule has 0 bridgehead atoms. The molecule has 5 nitrogen and oxygen atoms in total. The minimum Gasteiger partial charge on any atom is -0.339 e. The fourth-order valence-corrected chi connectivity index (χ4v) is 4.11. The second kappa shape index (κ2) is 7.87. The van der Waals surface area contributed by atoms with Gasteiger partial charge >= 0.3 is 0 Å². The third-order valence-electron chi connectivity index (χ3n) is 5.54. The van der Waals surface area contributed by atoms with Gasteiger partial charge in [0.05, 0.1) is 16.4 Å². The van der Waals surface area contributed by atoms with Crippen LogP contribution < -0.4 is 0 Å². The monoisotopic (exact) mass is 352 g/mol. The maximum Gasteiger partial charge on any atom is 0.244 e. The van der Waals surface area contributed by atoms with Gasteiger partial charge in [0.25, 0.3) is 0 Å². The summed E-state index contributed by atoms with van der Waals surface area (Å²) in [5.41, 5.74) is 1.66. The van der Waals surface area contributed by atoms with E-state index in [4.69, 9.17) is 11.6 Å². The van der Waals surface area contributed by atoms with Crippen molar-refractivity contribution in [2.24, 2.45) is 5.92 Å². The summed E-state index contributed by atoms with van der Waals surface area (Å²) in [5, 5.41) is 5.03. The number of aryl methyl sites for hydroxylation is 1. The first-order valence-electron chi connectivity index (χ1n) is 9.24. The largest absolute Gasteiger partial charge is 0.339 e. The molecule has 1 amide bonds. The first-order valence-corrected chi connectivity index (χ1v) is 9.62. The van der Waals surface area contributed by atoms with Crippen molar-refractivity contribution in [2.45, 2.75) is 52.5 Å². The molecule has 0 N–H and O–H groups in total. The molecule has 0 atom stereocenters. The number of carbonyl (C=O) groups is 1. The molecule has 2 fully saturated rings. The molecular weight excluding hydrogens is 324 g/mol. The van der Waals surface area contributed by atoms with Crippen LogP contribution in [0.5, 0.6) is 0 Å². The minimum atomic E-state index is 0.148. The molecule has 0 radical (unpaired) electrons. The van der Waals surface area contributed by atoms with Gasteiger partial charge in [-0.2, -0.15) is 5.10 Å². The number of amides is 1. The number of piperazine rings is 1. The lowest BCUT2D eigenvalue weighted by Crippen LogP contribution is -2.50. The molecule has 134 valence electrons. The number of rotatable bonds is 4. The Morgan fingerprint density at radius 1 is 1.12 bits per heavy atom. The molecule has 1 saturated heterocycles. The summed E-state index contributed by atoms with van der Waals surface area (Å²) >= 11 is 6.16. The van der Waals surface area contributed by atoms with Gasteiger partial charge in [0, 0.05) is 32.7 Å². The number of hydrogen-bond donors (Lipinski definition) is 0. The van der Waals surface area contributed by atoms with Crippen LogP contribution >= 0.6 is 11.6 Å². The van der Waals surface area contributed by atoms with Crippen molar-refractivity contribution in [3.63, 3.8) is 0 Å². The van der Waals surface area contributed by atoms with Gasteiger partial charge < -0.3 is 4.90 Å². The van der Waals surface area contributed by atoms with Crippen LogP contribution in [0.4, 0.5) is 0 Å². The zero-order valence-electron chi connectivity index (χ0n) is 14.9. The first-order chi connectivity index (χ1) is 11.5. The van der Waals surface area contributed by atoms with E-state index in [0.29, 0.717) is 11.6 Å². The van der Waals surface area contributed by atoms with Gasteiger partial charge in [-0.05, 0) is 32.6 Å². The highest BCUT2D eigenvalue weighted by molar-refractivity contribution is 6.31. The summed E-state index contributed by atoms with van der Waals surface area (Å²) in [6.07, 6.45) is 6.98. The van der Waals surface area contributed by atoms with E-state index in [1.165, 1.54) is 38.6 Å². The van der Waals surface area contributed by atoms with Crippen molar-refractivity contribution in [3.8, 4) is 0 Å². The fraction of sp³-hybridized carbons (Fsp3) is 0.778. The predicted molar refractivity (Wildman–Crippen MR) is 96.3 cm³/mol. The van der Waals surface area contributed by atoms with Crippen LogP contribution in [0.15, 0.2) is 0 Å². The van der Waals surface area contributed by atoms with E-state index >= 15 is 0 Å². The molecule has 3 rings (SSSR count). The van der Waals surface area contributed by atoms with E-state index in [9.17, 15) is 4.79 Å². The third-order valence-corrected chi connectivity index (χ3v) is 6.09. The van der Waals surface area contributed by atoms with Gasteiger partial charge in [-0.25, -0.2) is 0 Å². The predicted octanol–water partition coefficient (Wildman–Crippen LogP) is 2.88. The van der Waals surface area contributed by atoms with Crippen molar-refractivity contribution in [1.82, 2.24) is 19.6 Å². The number of halogens is 1. The van der Waals surface area contributed by atoms with Crippen molar-refractivity contribution >= 4 is 17.5 Å². The Hall–Kier alpha value is -1.07. The summed E-state index contributed by atoms with van der Waals surface area (Å²) in [7, 11) is 0. The van der Waals surface area contributed by atoms with Crippen molar-refractivity contribution in [3.05, 3.63) is 16.4 Å². The Bertz CT molecular complexity index is 572. The van der Waals surface area contributed by atoms with Gasteiger partial charge in [-0.1, -0.05) is 30.9 Å². The van der Waals surface area contributed by atoms with Crippen LogP contribution in [0, 0.1) is 19.8 Å². The Labute approximate surface area is 149 Å². The number of hydrogen-bond acceptors (Lipinski definition) is 3. The van der Waals surface area contributed by atoms with Crippen LogP contribution in [0.2, 0.25) is 5.02 Å². The van der Waals surface area contributed by atoms with Crippen molar-refractivity contribution < 1.29 is 4.79 Å². The molecule has 24 heavy (non-hydrogen) atoms. The molecule has 0 unspecified atom stereocenters. The maximum absolute atomic E-state index is 12.5. The fourth-order valence-electron chi connectivity index (χ4n) is 3.97. The van der Waals surface area contributed by atoms with Crippen LogP contribution in [-0.2, 0) is 11.3 Å². The van der Waals surface area contributed by atoms with Gasteiger partial charge in [-0.15, -0.1) is 0 Å². The molecule has 0 aromatic carbocycles. The topological polar surface area (TPSA) is 41.4 Å². The quantitative estimate of drug-likeness (QED) is 0.836. The molecular formula is C18H29ClN4O. The number of carbonyl (C=O) groups excluding carboxylic acids is 1. The highest BCUT2D eigenvalue weighted by Gasteiger charge is 2.24. The summed E-state index contributed by atoms with van der Waals surface area (Å²) in [5.74, 6) is 1.02. The maximum atomic E-state index is 12.5. The van der Waals surface area contributed by atoms with E-state index in [0.717, 1.165) is 43.5 Å². The van der Waals surface area contributed by atoms with E-state index in [1.807, 2.05) is 18.7 Å². The molecule has 1 aliphatic heterocycles. The summed E-state index contributed by atoms with van der Waals surface area (Å²) < 4.78 is 1.73. The number of aromatic nitrogens is 2. The van der Waals surface area contributed by atoms with Crippen LogP contribution in [0.3, 0.4) is 0 Å². The summed E-state index contributed by atoms with van der Waals surface area (Å²) in [4.78, 5) is 17.1. The summed E-state index contributed by atoms with van der Waals surface area (Å²) in [6, 6.07) is 0. The summed E-state index contributed by atoms with van der Waals surface area (Å²) in [6.45, 7) is 8.96. The molecule has 2 heterocycles. The van der Waals surface area contributed by atoms with Crippen LogP contribution in [-0.4, -0.2) is 58.2 Å². The van der Waals surface area contributed by atoms with Crippen LogP contribution in [0.25, 0.3) is 0 Å². The molecule has 0 spiro atoms. The van der Waals surface area contributed by atoms with Crippen LogP contribution in [0.1, 0.15) is 43.5 Å². The lowest BCUT2D eigenvalue weighted by molar-refractivity contribution is -0.133. The zero-order chi connectivity index (χ0) is 17.1. The van der Waals surface area contributed by atoms with E-state index < -0.39 is 0 Å². The Morgan fingerprint density at radius 3 is 2.38 bits per heavy atom. The van der Waals surface area contributed by atoms with Gasteiger partial charge in [0.15, 0.2) is 0 Å². The Morgan fingerprint density at radius 2 is 1.79 bits per heavy atom. The van der Waals surface area contributed by atoms with Crippen molar-refractivity contribution in [2.75, 3.05) is 32.7 Å². The van der Waals surface area contributed by atoms with E-state index in [1.54, 1.807) is 4.68 Å². The highest BCUT2D eigenvalue weighted by Crippen LogP contribution is 2.25. The lowest BCUT2D eigenvalue weighted by atomic mass is 9.89. The van der Waals surface area contributed by atoms with E-state index in [2.05, 4.69) is 10.00 Å². The van der Waals surface area contributed by atoms with Crippen molar-refractivity contribution in [1.29, 1.82) is 0 Å². The molecule has 1 aromatic rings. The molecule has 6 heteroatoms. The standard InChI is InChI=1S/C18H29ClN4O/c1-14-18(19)15(2)23(20-14)13-17(24)22-10-8-21(9-11-22)12-16-6-4-3-5-7-16/h16H,3-13H2,1-2H3. The molecule has 1 aliphatic carbocycles. The van der Waals surface area contributed by atoms with Gasteiger partial charge in [0.2, 0.25) is 5.91 Å². The minimum absolute atomic E-state index is 0.148. The smallest absolute Gasteiger partial charge is 0.244 e. The Balaban J connectivity index is 1.47. The van der Waals surface area contributed by atoms with E-state index in [-0.39, 0.29) is 5.91 Å². The van der Waals surface area contributed by atoms with Gasteiger partial charge in [-0.3, -0.25) is 14.4 Å². The zero-order valence-corrected chi connectivity index (χ0v) is 15.7. The third kappa shape index (κ3) is 4.12. The second-order valence-electron chi connectivity index (χ2n) is 7.33. The Kier molecular flexibility index (Phi) is 5.82. The first kappa shape index (κ1) is 17.7. The SMILES string of the molecule is Cc1nn(CC(=O)N2CCN(CC3CCCCC3)CC2)c(C)c1Cl. The highest BCUT2D eigenvalue weighted by atomic mass is 35.5. The normalized spacial score (nSPS) is 20.5. The molecule has 2 aliphatic rings. The average Bonchev–Trinajstić information content (AvgIpc) is 2.83. The molecule has 1 saturated carbocycles. The molecule has 1 aromatic heterocycles. The van der Waals surface area contributed by atoms with Gasteiger partial charge in [0.1, 0.15) is 6.54 Å².